The molecular formula is C15H20N4O2S2. The Balaban J connectivity index is 2.01. The average molecular weight is 352 g/mol. The Labute approximate surface area is 143 Å². The van der Waals surface area contributed by atoms with Crippen LogP contribution in [-0.2, 0) is 0 Å². The first-order chi connectivity index (χ1) is 10.9. The first-order valence-electron chi connectivity index (χ1n) is 7.37. The van der Waals surface area contributed by atoms with Crippen LogP contribution >= 0.6 is 23.1 Å². The average Bonchev–Trinajstić information content (AvgIpc) is 3.07. The van der Waals surface area contributed by atoms with Crippen LogP contribution in [0.25, 0.3) is 0 Å². The molecule has 124 valence electrons. The molecule has 0 aromatic carbocycles. The molecule has 2 heterocycles. The molecule has 23 heavy (non-hydrogen) atoms. The number of nitrogens with one attached hydrogen (secondary N) is 2. The van der Waals surface area contributed by atoms with Gasteiger partial charge in [0.2, 0.25) is 5.13 Å². The molecule has 0 saturated carbocycles. The van der Waals surface area contributed by atoms with Gasteiger partial charge in [0.15, 0.2) is 15.9 Å². The molecule has 2 N–H and O–H groups in total. The lowest BCUT2D eigenvalue weighted by atomic mass is 10.1. The van der Waals surface area contributed by atoms with E-state index in [0.717, 1.165) is 33.7 Å². The standard InChI is InChI=1S/C15H20N4O2S2/c1-5-6-16-14-18-19-15(23-14)22-7-11(21)13-8(2)12(10(4)20)9(3)17-13/h17H,5-7H2,1-4H3,(H,16,18). The lowest BCUT2D eigenvalue weighted by molar-refractivity contribution is 0.101. The number of aromatic nitrogens is 3. The third-order valence-electron chi connectivity index (χ3n) is 3.33. The highest BCUT2D eigenvalue weighted by atomic mass is 32.2. The van der Waals surface area contributed by atoms with Crippen molar-refractivity contribution in [3.8, 4) is 0 Å². The predicted octanol–water partition coefficient (Wildman–Crippen LogP) is 3.48. The Morgan fingerprint density at radius 2 is 2.04 bits per heavy atom. The molecule has 6 nitrogen and oxygen atoms in total. The topological polar surface area (TPSA) is 87.7 Å². The Morgan fingerprint density at radius 1 is 1.30 bits per heavy atom. The minimum atomic E-state index is -0.0404. The van der Waals surface area contributed by atoms with Crippen molar-refractivity contribution in [3.63, 3.8) is 0 Å². The van der Waals surface area contributed by atoms with E-state index in [1.807, 2.05) is 6.92 Å². The molecule has 0 saturated heterocycles. The molecule has 0 spiro atoms. The van der Waals surface area contributed by atoms with E-state index < -0.39 is 0 Å². The van der Waals surface area contributed by atoms with Crippen LogP contribution in [0.3, 0.4) is 0 Å². The van der Waals surface area contributed by atoms with Gasteiger partial charge in [-0.2, -0.15) is 0 Å². The van der Waals surface area contributed by atoms with Crippen molar-refractivity contribution in [2.24, 2.45) is 0 Å². The Bertz CT molecular complexity index is 721. The summed E-state index contributed by atoms with van der Waals surface area (Å²) in [4.78, 5) is 27.0. The Hall–Kier alpha value is -1.67. The lowest BCUT2D eigenvalue weighted by Crippen LogP contribution is -2.05. The van der Waals surface area contributed by atoms with E-state index in [2.05, 4.69) is 27.4 Å². The van der Waals surface area contributed by atoms with Crippen LogP contribution in [-0.4, -0.2) is 39.0 Å². The molecule has 8 heteroatoms. The monoisotopic (exact) mass is 352 g/mol. The van der Waals surface area contributed by atoms with Crippen LogP contribution in [0.4, 0.5) is 5.13 Å². The number of anilines is 1. The molecule has 0 bridgehead atoms. The maximum atomic E-state index is 12.4. The molecular weight excluding hydrogens is 332 g/mol. The van der Waals surface area contributed by atoms with Gasteiger partial charge in [-0.25, -0.2) is 0 Å². The molecule has 0 amide bonds. The summed E-state index contributed by atoms with van der Waals surface area (Å²) in [5.74, 6) is 0.195. The SMILES string of the molecule is CCCNc1nnc(SCC(=O)c2[nH]c(C)c(C(C)=O)c2C)s1. The maximum absolute atomic E-state index is 12.4. The number of aryl methyl sites for hydroxylation is 1. The minimum absolute atomic E-state index is 0.0290. The van der Waals surface area contributed by atoms with Crippen molar-refractivity contribution < 1.29 is 9.59 Å². The third-order valence-corrected chi connectivity index (χ3v) is 5.34. The number of Topliss-reactive ketones (excluding diaryl/α,β-unsaturated/α-hetero) is 2. The van der Waals surface area contributed by atoms with Crippen LogP contribution in [0.5, 0.6) is 0 Å². The van der Waals surface area contributed by atoms with Gasteiger partial charge in [-0.1, -0.05) is 30.0 Å². The molecule has 0 aliphatic rings. The second-order valence-electron chi connectivity index (χ2n) is 5.19. The Morgan fingerprint density at radius 3 is 2.65 bits per heavy atom. The fourth-order valence-electron chi connectivity index (χ4n) is 2.33. The number of nitrogens with zero attached hydrogens (tertiary/aromatic N) is 2. The normalized spacial score (nSPS) is 10.8. The highest BCUT2D eigenvalue weighted by Crippen LogP contribution is 2.27. The third kappa shape index (κ3) is 4.20. The van der Waals surface area contributed by atoms with Gasteiger partial charge in [0, 0.05) is 17.8 Å². The van der Waals surface area contributed by atoms with E-state index in [-0.39, 0.29) is 17.3 Å². The maximum Gasteiger partial charge on any atom is 0.206 e. The number of thioether (sulfide) groups is 1. The van der Waals surface area contributed by atoms with Gasteiger partial charge in [-0.05, 0) is 32.8 Å². The molecule has 0 atom stereocenters. The van der Waals surface area contributed by atoms with Crippen molar-refractivity contribution in [2.75, 3.05) is 17.6 Å². The van der Waals surface area contributed by atoms with Gasteiger partial charge in [0.25, 0.3) is 0 Å². The van der Waals surface area contributed by atoms with E-state index >= 15 is 0 Å². The number of ketones is 2. The quantitative estimate of drug-likeness (QED) is 0.558. The summed E-state index contributed by atoms with van der Waals surface area (Å²) in [5.41, 5.74) is 2.59. The summed E-state index contributed by atoms with van der Waals surface area (Å²) in [6.07, 6.45) is 1.02. The molecule has 0 fully saturated rings. The second kappa shape index (κ2) is 7.74. The van der Waals surface area contributed by atoms with Crippen molar-refractivity contribution in [1.29, 1.82) is 0 Å². The predicted molar refractivity (Wildman–Crippen MR) is 94.0 cm³/mol. The van der Waals surface area contributed by atoms with E-state index in [0.29, 0.717) is 11.3 Å². The molecule has 0 aliphatic carbocycles. The van der Waals surface area contributed by atoms with Crippen molar-refractivity contribution in [2.45, 2.75) is 38.5 Å². The zero-order valence-corrected chi connectivity index (χ0v) is 15.3. The van der Waals surface area contributed by atoms with Crippen LogP contribution in [0, 0.1) is 13.8 Å². The van der Waals surface area contributed by atoms with E-state index in [9.17, 15) is 9.59 Å². The van der Waals surface area contributed by atoms with Gasteiger partial charge in [0.1, 0.15) is 0 Å². The highest BCUT2D eigenvalue weighted by Gasteiger charge is 2.20. The highest BCUT2D eigenvalue weighted by molar-refractivity contribution is 8.01. The summed E-state index contributed by atoms with van der Waals surface area (Å²) in [6, 6.07) is 0. The van der Waals surface area contributed by atoms with Crippen LogP contribution in [0.2, 0.25) is 0 Å². The van der Waals surface area contributed by atoms with Gasteiger partial charge >= 0.3 is 0 Å². The lowest BCUT2D eigenvalue weighted by Gasteiger charge is -1.99. The number of carbonyl (C=O) groups excluding carboxylic acids is 2. The second-order valence-corrected chi connectivity index (χ2v) is 7.39. The number of hydrogen-bond acceptors (Lipinski definition) is 7. The van der Waals surface area contributed by atoms with Crippen LogP contribution in [0.1, 0.15) is 52.4 Å². The molecule has 2 rings (SSSR count). The molecule has 0 unspecified atom stereocenters. The van der Waals surface area contributed by atoms with Gasteiger partial charge < -0.3 is 10.3 Å². The number of aromatic amines is 1. The zero-order valence-electron chi connectivity index (χ0n) is 13.6. The van der Waals surface area contributed by atoms with E-state index in [1.54, 1.807) is 6.92 Å². The molecule has 0 radical (unpaired) electrons. The first-order valence-corrected chi connectivity index (χ1v) is 9.17. The first kappa shape index (κ1) is 17.7. The minimum Gasteiger partial charge on any atom is -0.360 e. The van der Waals surface area contributed by atoms with Gasteiger partial charge in [-0.3, -0.25) is 9.59 Å². The van der Waals surface area contributed by atoms with E-state index in [1.165, 1.54) is 30.0 Å². The fraction of sp³-hybridized carbons (Fsp3) is 0.467. The fourth-order valence-corrected chi connectivity index (χ4v) is 3.98. The largest absolute Gasteiger partial charge is 0.360 e. The molecule has 0 aliphatic heterocycles. The summed E-state index contributed by atoms with van der Waals surface area (Å²) < 4.78 is 0.754. The summed E-state index contributed by atoms with van der Waals surface area (Å²) >= 11 is 2.80. The van der Waals surface area contributed by atoms with Crippen LogP contribution < -0.4 is 5.32 Å². The molecule has 2 aromatic rings. The summed E-state index contributed by atoms with van der Waals surface area (Å²) in [6.45, 7) is 8.06. The zero-order chi connectivity index (χ0) is 17.0. The number of rotatable bonds is 8. The number of carbonyl (C=O) groups is 2. The van der Waals surface area contributed by atoms with Crippen molar-refractivity contribution >= 4 is 39.8 Å². The van der Waals surface area contributed by atoms with Gasteiger partial charge in [-0.15, -0.1) is 10.2 Å². The van der Waals surface area contributed by atoms with Gasteiger partial charge in [0.05, 0.1) is 11.4 Å². The number of hydrogen-bond donors (Lipinski definition) is 2. The molecule has 2 aromatic heterocycles. The summed E-state index contributed by atoms with van der Waals surface area (Å²) in [5, 5.41) is 12.0. The number of H-pyrrole nitrogens is 1. The van der Waals surface area contributed by atoms with Crippen molar-refractivity contribution in [1.82, 2.24) is 15.2 Å². The van der Waals surface area contributed by atoms with E-state index in [4.69, 9.17) is 0 Å². The Kier molecular flexibility index (Phi) is 5.95. The summed E-state index contributed by atoms with van der Waals surface area (Å²) in [7, 11) is 0. The van der Waals surface area contributed by atoms with Crippen molar-refractivity contribution in [3.05, 3.63) is 22.5 Å². The van der Waals surface area contributed by atoms with Crippen LogP contribution in [0.15, 0.2) is 4.34 Å². The smallest absolute Gasteiger partial charge is 0.206 e.